The molecule has 4 nitrogen and oxygen atoms in total. The fourth-order valence-electron chi connectivity index (χ4n) is 1.82. The Hall–Kier alpha value is -1.20. The number of rotatable bonds is 8. The van der Waals surface area contributed by atoms with Gasteiger partial charge in [0.05, 0.1) is 11.2 Å². The molecule has 0 spiro atoms. The van der Waals surface area contributed by atoms with Crippen molar-refractivity contribution in [1.29, 1.82) is 0 Å². The second-order valence-corrected chi connectivity index (χ2v) is 5.95. The van der Waals surface area contributed by atoms with E-state index >= 15 is 0 Å². The second-order valence-electron chi connectivity index (χ2n) is 5.08. The Balaban J connectivity index is 2.67. The van der Waals surface area contributed by atoms with Gasteiger partial charge in [0.1, 0.15) is 0 Å². The van der Waals surface area contributed by atoms with Crippen LogP contribution in [0.15, 0.2) is 24.3 Å². The topological polar surface area (TPSA) is 61.4 Å². The van der Waals surface area contributed by atoms with Gasteiger partial charge in [0.15, 0.2) is 0 Å². The van der Waals surface area contributed by atoms with Crippen LogP contribution in [0.5, 0.6) is 0 Å². The van der Waals surface area contributed by atoms with Crippen molar-refractivity contribution in [3.63, 3.8) is 0 Å². The number of hydrogen-bond donors (Lipinski definition) is 3. The van der Waals surface area contributed by atoms with Crippen LogP contribution in [0.3, 0.4) is 0 Å². The molecule has 1 aromatic carbocycles. The van der Waals surface area contributed by atoms with E-state index in [2.05, 4.69) is 17.6 Å². The highest BCUT2D eigenvalue weighted by Crippen LogP contribution is 2.15. The minimum Gasteiger partial charge on any atom is -0.387 e. The van der Waals surface area contributed by atoms with Crippen molar-refractivity contribution in [3.05, 3.63) is 29.8 Å². The SMILES string of the molecule is CCCNc1ccccc1C(=O)NCC(C)(O)CSC. The summed E-state index contributed by atoms with van der Waals surface area (Å²) in [4.78, 5) is 12.2. The first kappa shape index (κ1) is 16.9. The molecule has 1 rings (SSSR count). The lowest BCUT2D eigenvalue weighted by atomic mass is 10.1. The number of benzene rings is 1. The van der Waals surface area contributed by atoms with Gasteiger partial charge in [-0.3, -0.25) is 4.79 Å². The average molecular weight is 296 g/mol. The zero-order chi connectivity index (χ0) is 15.0. The number of thioether (sulfide) groups is 1. The van der Waals surface area contributed by atoms with Gasteiger partial charge in [0, 0.05) is 24.5 Å². The predicted octanol–water partition coefficient (Wildman–Crippen LogP) is 2.35. The molecule has 3 N–H and O–H groups in total. The lowest BCUT2D eigenvalue weighted by Gasteiger charge is -2.22. The van der Waals surface area contributed by atoms with Gasteiger partial charge in [0.25, 0.3) is 5.91 Å². The molecule has 0 radical (unpaired) electrons. The van der Waals surface area contributed by atoms with Crippen LogP contribution in [0.4, 0.5) is 5.69 Å². The molecule has 0 aliphatic rings. The number of anilines is 1. The molecule has 0 bridgehead atoms. The Bertz CT molecular complexity index is 436. The van der Waals surface area contributed by atoms with Crippen molar-refractivity contribution >= 4 is 23.4 Å². The smallest absolute Gasteiger partial charge is 0.253 e. The van der Waals surface area contributed by atoms with Gasteiger partial charge in [-0.05, 0) is 31.7 Å². The molecule has 20 heavy (non-hydrogen) atoms. The molecule has 0 aliphatic carbocycles. The summed E-state index contributed by atoms with van der Waals surface area (Å²) in [7, 11) is 0. The van der Waals surface area contributed by atoms with Gasteiger partial charge in [-0.1, -0.05) is 19.1 Å². The van der Waals surface area contributed by atoms with E-state index in [1.165, 1.54) is 0 Å². The van der Waals surface area contributed by atoms with Crippen LogP contribution in [0.25, 0.3) is 0 Å². The molecule has 0 aromatic heterocycles. The third-order valence-corrected chi connectivity index (χ3v) is 3.73. The van der Waals surface area contributed by atoms with Crippen molar-refractivity contribution in [3.8, 4) is 0 Å². The standard InChI is InChI=1S/C15H24N2O2S/c1-4-9-16-13-8-6-5-7-12(13)14(18)17-10-15(2,19)11-20-3/h5-8,16,19H,4,9-11H2,1-3H3,(H,17,18). The van der Waals surface area contributed by atoms with Crippen LogP contribution in [0.1, 0.15) is 30.6 Å². The molecule has 112 valence electrons. The zero-order valence-electron chi connectivity index (χ0n) is 12.4. The molecular formula is C15H24N2O2S. The maximum atomic E-state index is 12.2. The summed E-state index contributed by atoms with van der Waals surface area (Å²) in [5.41, 5.74) is 0.554. The lowest BCUT2D eigenvalue weighted by molar-refractivity contribution is 0.0725. The molecular weight excluding hydrogens is 272 g/mol. The highest BCUT2D eigenvalue weighted by atomic mass is 32.2. The van der Waals surface area contributed by atoms with Crippen molar-refractivity contribution < 1.29 is 9.90 Å². The molecule has 0 saturated heterocycles. The second kappa shape index (κ2) is 8.17. The third-order valence-electron chi connectivity index (χ3n) is 2.82. The first-order valence-corrected chi connectivity index (χ1v) is 8.22. The molecule has 0 fully saturated rings. The van der Waals surface area contributed by atoms with Gasteiger partial charge in [-0.2, -0.15) is 11.8 Å². The summed E-state index contributed by atoms with van der Waals surface area (Å²) >= 11 is 1.56. The van der Waals surface area contributed by atoms with Gasteiger partial charge < -0.3 is 15.7 Å². The molecule has 1 unspecified atom stereocenters. The fourth-order valence-corrected chi connectivity index (χ4v) is 2.55. The average Bonchev–Trinajstić information content (AvgIpc) is 2.43. The van der Waals surface area contributed by atoms with E-state index in [-0.39, 0.29) is 12.5 Å². The molecule has 1 amide bonds. The number of aliphatic hydroxyl groups is 1. The Morgan fingerprint density at radius 3 is 2.75 bits per heavy atom. The Morgan fingerprint density at radius 1 is 1.40 bits per heavy atom. The summed E-state index contributed by atoms with van der Waals surface area (Å²) in [6, 6.07) is 7.42. The molecule has 1 atom stereocenters. The minimum atomic E-state index is -0.888. The first-order chi connectivity index (χ1) is 9.50. The summed E-state index contributed by atoms with van der Waals surface area (Å²) in [5.74, 6) is 0.425. The number of carbonyl (C=O) groups is 1. The van der Waals surface area contributed by atoms with Crippen LogP contribution >= 0.6 is 11.8 Å². The molecule has 0 aliphatic heterocycles. The summed E-state index contributed by atoms with van der Waals surface area (Å²) in [6.07, 6.45) is 2.93. The third kappa shape index (κ3) is 5.43. The van der Waals surface area contributed by atoms with Crippen molar-refractivity contribution in [2.75, 3.05) is 30.4 Å². The summed E-state index contributed by atoms with van der Waals surface area (Å²) in [6.45, 7) is 4.88. The van der Waals surface area contributed by atoms with Crippen LogP contribution in [0, 0.1) is 0 Å². The zero-order valence-corrected chi connectivity index (χ0v) is 13.2. The summed E-state index contributed by atoms with van der Waals surface area (Å²) in [5, 5.41) is 16.1. The van der Waals surface area contributed by atoms with Crippen LogP contribution in [0.2, 0.25) is 0 Å². The number of carbonyl (C=O) groups excluding carboxylic acids is 1. The molecule has 1 aromatic rings. The van der Waals surface area contributed by atoms with Gasteiger partial charge in [-0.25, -0.2) is 0 Å². The van der Waals surface area contributed by atoms with Crippen LogP contribution in [-0.2, 0) is 0 Å². The quantitative estimate of drug-likeness (QED) is 0.689. The maximum absolute atomic E-state index is 12.2. The summed E-state index contributed by atoms with van der Waals surface area (Å²) < 4.78 is 0. The first-order valence-electron chi connectivity index (χ1n) is 6.82. The van der Waals surface area contributed by atoms with Gasteiger partial charge in [0.2, 0.25) is 0 Å². The van der Waals surface area contributed by atoms with Gasteiger partial charge in [-0.15, -0.1) is 0 Å². The van der Waals surface area contributed by atoms with E-state index in [1.54, 1.807) is 24.8 Å². The minimum absolute atomic E-state index is 0.161. The highest BCUT2D eigenvalue weighted by Gasteiger charge is 2.21. The van der Waals surface area contributed by atoms with Crippen LogP contribution < -0.4 is 10.6 Å². The molecule has 0 heterocycles. The van der Waals surface area contributed by atoms with E-state index in [0.29, 0.717) is 11.3 Å². The van der Waals surface area contributed by atoms with E-state index in [9.17, 15) is 9.90 Å². The Morgan fingerprint density at radius 2 is 2.10 bits per heavy atom. The van der Waals surface area contributed by atoms with E-state index in [0.717, 1.165) is 18.7 Å². The Kier molecular flexibility index (Phi) is 6.88. The van der Waals surface area contributed by atoms with Crippen molar-refractivity contribution in [1.82, 2.24) is 5.32 Å². The highest BCUT2D eigenvalue weighted by molar-refractivity contribution is 7.98. The van der Waals surface area contributed by atoms with E-state index < -0.39 is 5.60 Å². The number of nitrogens with one attached hydrogen (secondary N) is 2. The van der Waals surface area contributed by atoms with E-state index in [4.69, 9.17) is 0 Å². The number of amides is 1. The van der Waals surface area contributed by atoms with E-state index in [1.807, 2.05) is 24.5 Å². The van der Waals surface area contributed by atoms with Gasteiger partial charge >= 0.3 is 0 Å². The number of para-hydroxylation sites is 1. The fraction of sp³-hybridized carbons (Fsp3) is 0.533. The normalized spacial score (nSPS) is 13.6. The lowest BCUT2D eigenvalue weighted by Crippen LogP contribution is -2.42. The van der Waals surface area contributed by atoms with Crippen molar-refractivity contribution in [2.45, 2.75) is 25.9 Å². The Labute approximate surface area is 125 Å². The van der Waals surface area contributed by atoms with Crippen molar-refractivity contribution in [2.24, 2.45) is 0 Å². The predicted molar refractivity (Wildman–Crippen MR) is 86.6 cm³/mol. The van der Waals surface area contributed by atoms with Crippen LogP contribution in [-0.4, -0.2) is 41.7 Å². The maximum Gasteiger partial charge on any atom is 0.253 e. The monoisotopic (exact) mass is 296 g/mol. The number of hydrogen-bond acceptors (Lipinski definition) is 4. The molecule has 5 heteroatoms. The molecule has 0 saturated carbocycles. The largest absolute Gasteiger partial charge is 0.387 e.